The van der Waals surface area contributed by atoms with Crippen LogP contribution in [0.1, 0.15) is 22.0 Å². The highest BCUT2D eigenvalue weighted by atomic mass is 32.2. The van der Waals surface area contributed by atoms with Crippen LogP contribution in [0.3, 0.4) is 0 Å². The Hall–Kier alpha value is -2.45. The zero-order valence-corrected chi connectivity index (χ0v) is 15.0. The van der Waals surface area contributed by atoms with E-state index in [2.05, 4.69) is 5.32 Å². The van der Waals surface area contributed by atoms with Gasteiger partial charge in [-0.15, -0.1) is 11.8 Å². The Morgan fingerprint density at radius 3 is 2.85 bits per heavy atom. The number of hydrogen-bond acceptors (Lipinski definition) is 5. The van der Waals surface area contributed by atoms with Gasteiger partial charge >= 0.3 is 0 Å². The normalized spacial score (nSPS) is 17.2. The van der Waals surface area contributed by atoms with Crippen LogP contribution in [0.2, 0.25) is 0 Å². The van der Waals surface area contributed by atoms with E-state index < -0.39 is 4.92 Å². The van der Waals surface area contributed by atoms with Crippen LogP contribution in [0.15, 0.2) is 47.4 Å². The van der Waals surface area contributed by atoms with Crippen molar-refractivity contribution in [3.63, 3.8) is 0 Å². The molecule has 8 heteroatoms. The molecule has 0 spiro atoms. The molecular formula is C18H18FN3O3S. The van der Waals surface area contributed by atoms with Crippen molar-refractivity contribution in [2.45, 2.75) is 10.9 Å². The molecule has 1 unspecified atom stereocenters. The van der Waals surface area contributed by atoms with E-state index in [4.69, 9.17) is 0 Å². The number of nitrogens with one attached hydrogen (secondary N) is 1. The van der Waals surface area contributed by atoms with Crippen molar-refractivity contribution >= 4 is 23.4 Å². The lowest BCUT2D eigenvalue weighted by Crippen LogP contribution is -2.48. The molecule has 1 N–H and O–H groups in total. The molecule has 2 aromatic carbocycles. The molecule has 1 heterocycles. The number of nitro benzene ring substituents is 1. The van der Waals surface area contributed by atoms with Crippen molar-refractivity contribution < 1.29 is 14.1 Å². The van der Waals surface area contributed by atoms with Crippen LogP contribution in [0.4, 0.5) is 10.1 Å². The van der Waals surface area contributed by atoms with Crippen molar-refractivity contribution in [1.29, 1.82) is 0 Å². The summed E-state index contributed by atoms with van der Waals surface area (Å²) < 4.78 is 13.6. The lowest BCUT2D eigenvalue weighted by Gasteiger charge is -2.36. The second-order valence-corrected chi connectivity index (χ2v) is 6.77. The third-order valence-corrected chi connectivity index (χ3v) is 5.15. The second kappa shape index (κ2) is 7.84. The molecule has 3 rings (SSSR count). The second-order valence-electron chi connectivity index (χ2n) is 5.92. The molecule has 0 saturated carbocycles. The summed E-state index contributed by atoms with van der Waals surface area (Å²) in [6, 6.07) is 10.3. The van der Waals surface area contributed by atoms with E-state index >= 15 is 0 Å². The largest absolute Gasteiger partial charge is 0.329 e. The molecule has 1 saturated heterocycles. The van der Waals surface area contributed by atoms with Gasteiger partial charge in [0.05, 0.1) is 15.9 Å². The molecule has 136 valence electrons. The molecule has 0 bridgehead atoms. The summed E-state index contributed by atoms with van der Waals surface area (Å²) in [5.41, 5.74) is 0.874. The van der Waals surface area contributed by atoms with E-state index in [9.17, 15) is 19.3 Å². The number of thioether (sulfide) groups is 1. The average molecular weight is 375 g/mol. The highest BCUT2D eigenvalue weighted by Crippen LogP contribution is 2.30. The zero-order chi connectivity index (χ0) is 18.7. The van der Waals surface area contributed by atoms with E-state index in [0.29, 0.717) is 30.1 Å². The lowest BCUT2D eigenvalue weighted by atomic mass is 10.0. The Morgan fingerprint density at radius 1 is 1.35 bits per heavy atom. The van der Waals surface area contributed by atoms with E-state index in [-0.39, 0.29) is 29.0 Å². The fraction of sp³-hybridized carbons (Fsp3) is 0.278. The van der Waals surface area contributed by atoms with Crippen LogP contribution in [0.25, 0.3) is 0 Å². The monoisotopic (exact) mass is 375 g/mol. The van der Waals surface area contributed by atoms with Crippen molar-refractivity contribution in [2.75, 3.05) is 25.9 Å². The minimum absolute atomic E-state index is 0.0826. The van der Waals surface area contributed by atoms with E-state index in [1.54, 1.807) is 35.4 Å². The molecular weight excluding hydrogens is 357 g/mol. The summed E-state index contributed by atoms with van der Waals surface area (Å²) in [4.78, 5) is 26.0. The van der Waals surface area contributed by atoms with Crippen LogP contribution < -0.4 is 5.32 Å². The number of halogens is 1. The molecule has 1 amide bonds. The quantitative estimate of drug-likeness (QED) is 0.504. The smallest absolute Gasteiger partial charge is 0.283 e. The van der Waals surface area contributed by atoms with Crippen LogP contribution >= 0.6 is 11.8 Å². The van der Waals surface area contributed by atoms with Gasteiger partial charge in [0.2, 0.25) is 0 Å². The molecule has 6 nitrogen and oxygen atoms in total. The minimum Gasteiger partial charge on any atom is -0.329 e. The third kappa shape index (κ3) is 3.71. The summed E-state index contributed by atoms with van der Waals surface area (Å²) >= 11 is 1.26. The Balaban J connectivity index is 1.94. The standard InChI is InChI=1S/C18H18FN3O3S/c1-26-17-6-5-13(10-15(17)22(24)25)18(23)21-8-7-20-11-16(21)12-3-2-4-14(19)9-12/h2-6,9-10,16,20H,7-8,11H2,1H3. The van der Waals surface area contributed by atoms with Gasteiger partial charge < -0.3 is 10.2 Å². The summed E-state index contributed by atoms with van der Waals surface area (Å²) in [7, 11) is 0. The SMILES string of the molecule is CSc1ccc(C(=O)N2CCNCC2c2cccc(F)c2)cc1[N+](=O)[O-]. The highest BCUT2D eigenvalue weighted by Gasteiger charge is 2.30. The Bertz CT molecular complexity index is 846. The Kier molecular flexibility index (Phi) is 5.53. The van der Waals surface area contributed by atoms with Crippen molar-refractivity contribution in [1.82, 2.24) is 10.2 Å². The number of amides is 1. The maximum absolute atomic E-state index is 13.6. The number of nitro groups is 1. The van der Waals surface area contributed by atoms with E-state index in [1.807, 2.05) is 0 Å². The molecule has 0 radical (unpaired) electrons. The first-order chi connectivity index (χ1) is 12.5. The minimum atomic E-state index is -0.482. The first kappa shape index (κ1) is 18.3. The van der Waals surface area contributed by atoms with Gasteiger partial charge in [-0.3, -0.25) is 14.9 Å². The van der Waals surface area contributed by atoms with E-state index in [1.165, 1.54) is 30.0 Å². The maximum Gasteiger partial charge on any atom is 0.283 e. The van der Waals surface area contributed by atoms with Crippen molar-refractivity contribution in [3.8, 4) is 0 Å². The summed E-state index contributed by atoms with van der Waals surface area (Å²) in [5.74, 6) is -0.656. The van der Waals surface area contributed by atoms with Gasteiger partial charge in [-0.2, -0.15) is 0 Å². The van der Waals surface area contributed by atoms with Gasteiger partial charge in [0.1, 0.15) is 5.82 Å². The Labute approximate surface area is 154 Å². The van der Waals surface area contributed by atoms with Gasteiger partial charge in [-0.25, -0.2) is 4.39 Å². The maximum atomic E-state index is 13.6. The molecule has 1 aliphatic heterocycles. The van der Waals surface area contributed by atoms with E-state index in [0.717, 1.165) is 0 Å². The van der Waals surface area contributed by atoms with Crippen LogP contribution in [-0.4, -0.2) is 41.6 Å². The van der Waals surface area contributed by atoms with Gasteiger partial charge in [0.15, 0.2) is 0 Å². The van der Waals surface area contributed by atoms with Crippen molar-refractivity contribution in [3.05, 3.63) is 69.5 Å². The first-order valence-electron chi connectivity index (χ1n) is 8.11. The number of rotatable bonds is 4. The third-order valence-electron chi connectivity index (χ3n) is 4.36. The molecule has 1 atom stereocenters. The number of piperazine rings is 1. The first-order valence-corrected chi connectivity index (χ1v) is 9.33. The van der Waals surface area contributed by atoms with Gasteiger partial charge in [0.25, 0.3) is 11.6 Å². The lowest BCUT2D eigenvalue weighted by molar-refractivity contribution is -0.387. The van der Waals surface area contributed by atoms with Gasteiger partial charge in [-0.05, 0) is 36.1 Å². The molecule has 1 aliphatic rings. The molecule has 2 aromatic rings. The van der Waals surface area contributed by atoms with Gasteiger partial charge in [0, 0.05) is 31.3 Å². The number of carbonyl (C=O) groups is 1. The Morgan fingerprint density at radius 2 is 2.15 bits per heavy atom. The molecule has 26 heavy (non-hydrogen) atoms. The number of benzene rings is 2. The molecule has 1 fully saturated rings. The van der Waals surface area contributed by atoms with Crippen LogP contribution in [-0.2, 0) is 0 Å². The molecule has 0 aromatic heterocycles. The predicted molar refractivity (Wildman–Crippen MR) is 97.9 cm³/mol. The molecule has 0 aliphatic carbocycles. The number of hydrogen-bond donors (Lipinski definition) is 1. The number of nitrogens with zero attached hydrogens (tertiary/aromatic N) is 2. The topological polar surface area (TPSA) is 75.5 Å². The fourth-order valence-electron chi connectivity index (χ4n) is 3.09. The highest BCUT2D eigenvalue weighted by molar-refractivity contribution is 7.98. The number of carbonyl (C=O) groups excluding carboxylic acids is 1. The zero-order valence-electron chi connectivity index (χ0n) is 14.1. The van der Waals surface area contributed by atoms with Crippen LogP contribution in [0, 0.1) is 15.9 Å². The van der Waals surface area contributed by atoms with Crippen molar-refractivity contribution in [2.24, 2.45) is 0 Å². The summed E-state index contributed by atoms with van der Waals surface area (Å²) in [6.45, 7) is 1.56. The van der Waals surface area contributed by atoms with Gasteiger partial charge in [-0.1, -0.05) is 12.1 Å². The average Bonchev–Trinajstić information content (AvgIpc) is 2.66. The summed E-state index contributed by atoms with van der Waals surface area (Å²) in [5, 5.41) is 14.5. The summed E-state index contributed by atoms with van der Waals surface area (Å²) in [6.07, 6.45) is 1.75. The predicted octanol–water partition coefficient (Wildman–Crippen LogP) is 3.24. The fourth-order valence-corrected chi connectivity index (χ4v) is 3.64. The van der Waals surface area contributed by atoms with Crippen LogP contribution in [0.5, 0.6) is 0 Å².